The number of rotatable bonds is 3. The van der Waals surface area contributed by atoms with Gasteiger partial charge in [-0.15, -0.1) is 0 Å². The van der Waals surface area contributed by atoms with E-state index in [0.29, 0.717) is 27.3 Å². The number of nitrogens with two attached hydrogens (primary N) is 1. The molecule has 0 aliphatic heterocycles. The van der Waals surface area contributed by atoms with Crippen LogP contribution < -0.4 is 11.4 Å². The van der Waals surface area contributed by atoms with Gasteiger partial charge in [0.05, 0.1) is 10.9 Å². The Kier molecular flexibility index (Phi) is 3.77. The van der Waals surface area contributed by atoms with Gasteiger partial charge in [0.2, 0.25) is 0 Å². The third kappa shape index (κ3) is 2.51. The van der Waals surface area contributed by atoms with Crippen LogP contribution in [0.4, 0.5) is 0 Å². The minimum absolute atomic E-state index is 0.295. The first kappa shape index (κ1) is 14.1. The summed E-state index contributed by atoms with van der Waals surface area (Å²) in [6.45, 7) is 9.16. The zero-order chi connectivity index (χ0) is 14.9. The minimum Gasteiger partial charge on any atom is -0.334 e. The molecule has 0 aliphatic rings. The van der Waals surface area contributed by atoms with E-state index in [1.807, 2.05) is 13.0 Å². The van der Waals surface area contributed by atoms with Crippen molar-refractivity contribution >= 4 is 28.1 Å². The maximum Gasteiger partial charge on any atom is 0.280 e. The van der Waals surface area contributed by atoms with Crippen LogP contribution in [0, 0.1) is 6.92 Å². The van der Waals surface area contributed by atoms with Crippen molar-refractivity contribution in [3.8, 4) is 0 Å². The van der Waals surface area contributed by atoms with Crippen LogP contribution in [0.2, 0.25) is 0 Å². The van der Waals surface area contributed by atoms with Crippen LogP contribution in [-0.4, -0.2) is 9.66 Å². The van der Waals surface area contributed by atoms with E-state index in [4.69, 9.17) is 17.4 Å². The molecule has 0 saturated heterocycles. The van der Waals surface area contributed by atoms with Crippen LogP contribution in [0.25, 0.3) is 16.5 Å². The van der Waals surface area contributed by atoms with E-state index in [9.17, 15) is 4.79 Å². The SMILES string of the molecule is C=C/C(=C\C(=C)Cl)c1nc2ccc(C)cc2c(=O)n1N. The van der Waals surface area contributed by atoms with Gasteiger partial charge in [0, 0.05) is 10.6 Å². The Bertz CT molecular complexity index is 803. The molecule has 1 aromatic heterocycles. The molecule has 20 heavy (non-hydrogen) atoms. The van der Waals surface area contributed by atoms with Crippen molar-refractivity contribution in [2.75, 3.05) is 5.84 Å². The third-order valence-corrected chi connectivity index (χ3v) is 2.96. The normalized spacial score (nSPS) is 11.6. The molecule has 1 aromatic carbocycles. The monoisotopic (exact) mass is 287 g/mol. The highest BCUT2D eigenvalue weighted by molar-refractivity contribution is 6.31. The molecule has 0 spiro atoms. The number of aromatic nitrogens is 2. The van der Waals surface area contributed by atoms with Crippen molar-refractivity contribution < 1.29 is 0 Å². The predicted octanol–water partition coefficient (Wildman–Crippen LogP) is 2.74. The summed E-state index contributed by atoms with van der Waals surface area (Å²) in [7, 11) is 0. The molecule has 2 aromatic rings. The van der Waals surface area contributed by atoms with Crippen LogP contribution in [0.1, 0.15) is 11.4 Å². The molecule has 1 heterocycles. The van der Waals surface area contributed by atoms with Gasteiger partial charge >= 0.3 is 0 Å². The van der Waals surface area contributed by atoms with Gasteiger partial charge in [-0.3, -0.25) is 4.79 Å². The number of nitrogens with zero attached hydrogens (tertiary/aromatic N) is 2. The lowest BCUT2D eigenvalue weighted by Crippen LogP contribution is -2.31. The summed E-state index contributed by atoms with van der Waals surface area (Å²) in [5.74, 6) is 6.13. The average Bonchev–Trinajstić information content (AvgIpc) is 2.41. The summed E-state index contributed by atoms with van der Waals surface area (Å²) >= 11 is 5.76. The Morgan fingerprint density at radius 3 is 2.80 bits per heavy atom. The van der Waals surface area contributed by atoms with Crippen LogP contribution in [0.3, 0.4) is 0 Å². The summed E-state index contributed by atoms with van der Waals surface area (Å²) in [4.78, 5) is 16.7. The van der Waals surface area contributed by atoms with Crippen LogP contribution in [0.15, 0.2) is 53.3 Å². The third-order valence-electron chi connectivity index (χ3n) is 2.85. The Morgan fingerprint density at radius 2 is 2.20 bits per heavy atom. The van der Waals surface area contributed by atoms with Crippen LogP contribution in [-0.2, 0) is 0 Å². The molecule has 0 radical (unpaired) electrons. The summed E-state index contributed by atoms with van der Waals surface area (Å²) in [5, 5.41) is 0.780. The molecule has 0 aliphatic carbocycles. The van der Waals surface area contributed by atoms with Crippen molar-refractivity contribution in [2.24, 2.45) is 0 Å². The van der Waals surface area contributed by atoms with Crippen molar-refractivity contribution in [3.63, 3.8) is 0 Å². The number of benzene rings is 1. The topological polar surface area (TPSA) is 60.9 Å². The van der Waals surface area contributed by atoms with Crippen LogP contribution >= 0.6 is 11.6 Å². The van der Waals surface area contributed by atoms with Crippen molar-refractivity contribution in [3.05, 3.63) is 70.3 Å². The first-order valence-electron chi connectivity index (χ1n) is 5.91. The lowest BCUT2D eigenvalue weighted by Gasteiger charge is -2.10. The number of halogens is 1. The van der Waals surface area contributed by atoms with Gasteiger partial charge in [-0.2, -0.15) is 0 Å². The Labute approximate surface area is 121 Å². The number of aryl methyl sites for hydroxylation is 1. The molecule has 0 bridgehead atoms. The van der Waals surface area contributed by atoms with Crippen molar-refractivity contribution in [1.29, 1.82) is 0 Å². The first-order chi connectivity index (χ1) is 9.43. The Balaban J connectivity index is 2.82. The molecule has 2 rings (SSSR count). The number of nitrogen functional groups attached to an aromatic ring is 1. The van der Waals surface area contributed by atoms with E-state index in [-0.39, 0.29) is 5.56 Å². The fourth-order valence-electron chi connectivity index (χ4n) is 1.90. The molecule has 0 saturated carbocycles. The van der Waals surface area contributed by atoms with Crippen molar-refractivity contribution in [2.45, 2.75) is 6.92 Å². The average molecular weight is 288 g/mol. The highest BCUT2D eigenvalue weighted by Crippen LogP contribution is 2.18. The quantitative estimate of drug-likeness (QED) is 0.697. The fraction of sp³-hybridized carbons (Fsp3) is 0.0667. The number of allylic oxidation sites excluding steroid dienone is 4. The summed E-state index contributed by atoms with van der Waals surface area (Å²) in [6.07, 6.45) is 3.08. The predicted molar refractivity (Wildman–Crippen MR) is 84.1 cm³/mol. The highest BCUT2D eigenvalue weighted by Gasteiger charge is 2.11. The van der Waals surface area contributed by atoms with Crippen molar-refractivity contribution in [1.82, 2.24) is 9.66 Å². The van der Waals surface area contributed by atoms with E-state index in [1.165, 1.54) is 6.08 Å². The Morgan fingerprint density at radius 1 is 1.50 bits per heavy atom. The molecule has 2 N–H and O–H groups in total. The lowest BCUT2D eigenvalue weighted by molar-refractivity contribution is 0.889. The van der Waals surface area contributed by atoms with Gasteiger partial charge in [-0.05, 0) is 25.1 Å². The summed E-state index contributed by atoms with van der Waals surface area (Å²) < 4.78 is 0.995. The summed E-state index contributed by atoms with van der Waals surface area (Å²) in [6, 6.07) is 5.43. The molecule has 0 unspecified atom stereocenters. The first-order valence-corrected chi connectivity index (χ1v) is 6.29. The molecule has 0 fully saturated rings. The maximum atomic E-state index is 12.3. The van der Waals surface area contributed by atoms with Gasteiger partial charge in [-0.25, -0.2) is 9.66 Å². The standard InChI is InChI=1S/C15H14ClN3O/c1-4-11(8-10(3)16)14-18-13-6-5-9(2)7-12(13)15(20)19(14)17/h4-8H,1,3,17H2,2H3/b11-8+. The lowest BCUT2D eigenvalue weighted by atomic mass is 10.1. The van der Waals surface area contributed by atoms with E-state index in [2.05, 4.69) is 18.1 Å². The molecular weight excluding hydrogens is 274 g/mol. The molecule has 4 nitrogen and oxygen atoms in total. The molecule has 102 valence electrons. The van der Waals surface area contributed by atoms with Gasteiger partial charge in [-0.1, -0.05) is 42.5 Å². The van der Waals surface area contributed by atoms with Crippen LogP contribution in [0.5, 0.6) is 0 Å². The smallest absolute Gasteiger partial charge is 0.280 e. The Hall–Kier alpha value is -2.33. The molecular formula is C15H14ClN3O. The molecule has 0 atom stereocenters. The minimum atomic E-state index is -0.318. The maximum absolute atomic E-state index is 12.3. The van der Waals surface area contributed by atoms with Gasteiger partial charge in [0.25, 0.3) is 5.56 Å². The van der Waals surface area contributed by atoms with E-state index in [0.717, 1.165) is 10.2 Å². The fourth-order valence-corrected chi connectivity index (χ4v) is 2.02. The number of hydrogen-bond donors (Lipinski definition) is 1. The second kappa shape index (κ2) is 5.35. The number of fused-ring (bicyclic) bond motifs is 1. The second-order valence-electron chi connectivity index (χ2n) is 4.38. The zero-order valence-corrected chi connectivity index (χ0v) is 11.8. The van der Waals surface area contributed by atoms with Gasteiger partial charge in [0.15, 0.2) is 5.82 Å². The largest absolute Gasteiger partial charge is 0.334 e. The van der Waals surface area contributed by atoms with E-state index < -0.39 is 0 Å². The molecule has 5 heteroatoms. The number of hydrogen-bond acceptors (Lipinski definition) is 3. The summed E-state index contributed by atoms with van der Waals surface area (Å²) in [5.41, 5.74) is 1.76. The second-order valence-corrected chi connectivity index (χ2v) is 4.87. The zero-order valence-electron chi connectivity index (χ0n) is 11.1. The van der Waals surface area contributed by atoms with Gasteiger partial charge in [0.1, 0.15) is 0 Å². The molecule has 0 amide bonds. The van der Waals surface area contributed by atoms with Gasteiger partial charge < -0.3 is 5.84 Å². The highest BCUT2D eigenvalue weighted by atomic mass is 35.5. The van der Waals surface area contributed by atoms with E-state index in [1.54, 1.807) is 18.2 Å². The van der Waals surface area contributed by atoms with E-state index >= 15 is 0 Å².